The Morgan fingerprint density at radius 3 is 2.65 bits per heavy atom. The van der Waals surface area contributed by atoms with Gasteiger partial charge in [0, 0.05) is 13.0 Å². The molecule has 0 aromatic heterocycles. The van der Waals surface area contributed by atoms with Crippen molar-refractivity contribution >= 4 is 17.9 Å². The van der Waals surface area contributed by atoms with Crippen LogP contribution >= 0.6 is 0 Å². The van der Waals surface area contributed by atoms with E-state index in [2.05, 4.69) is 23.5 Å². The zero-order valence-corrected chi connectivity index (χ0v) is 19.5. The van der Waals surface area contributed by atoms with Crippen LogP contribution in [-0.4, -0.2) is 52.6 Å². The first-order chi connectivity index (χ1) is 16.3. The van der Waals surface area contributed by atoms with E-state index in [0.29, 0.717) is 6.42 Å². The summed E-state index contributed by atoms with van der Waals surface area (Å²) in [5.41, 5.74) is 11.1. The van der Waals surface area contributed by atoms with Crippen molar-refractivity contribution < 1.29 is 24.2 Å². The largest absolute Gasteiger partial charge is 0.445 e. The van der Waals surface area contributed by atoms with Crippen LogP contribution in [0.15, 0.2) is 42.5 Å². The number of carbonyl (C=O) groups excluding carboxylic acids is 3. The molecule has 2 aliphatic rings. The Bertz CT molecular complexity index is 1100. The maximum absolute atomic E-state index is 13.2. The van der Waals surface area contributed by atoms with Crippen molar-refractivity contribution in [3.63, 3.8) is 0 Å². The molecule has 1 fully saturated rings. The minimum atomic E-state index is -0.893. The molecule has 0 spiro atoms. The van der Waals surface area contributed by atoms with Crippen LogP contribution in [0.3, 0.4) is 0 Å². The van der Waals surface area contributed by atoms with Crippen molar-refractivity contribution in [3.05, 3.63) is 59.2 Å². The quantitative estimate of drug-likeness (QED) is 0.494. The van der Waals surface area contributed by atoms with Crippen molar-refractivity contribution in [2.24, 2.45) is 11.7 Å². The summed E-state index contributed by atoms with van der Waals surface area (Å²) in [5, 5.41) is 12.7. The number of likely N-dealkylation sites (tertiary alicyclic amines) is 1. The first kappa shape index (κ1) is 23.8. The summed E-state index contributed by atoms with van der Waals surface area (Å²) >= 11 is 0. The molecule has 2 aromatic rings. The Morgan fingerprint density at radius 2 is 1.91 bits per heavy atom. The third kappa shape index (κ3) is 4.63. The number of benzene rings is 2. The van der Waals surface area contributed by atoms with Crippen LogP contribution < -0.4 is 11.1 Å². The number of nitrogens with zero attached hydrogens (tertiary/aromatic N) is 1. The fourth-order valence-electron chi connectivity index (χ4n) is 4.86. The molecule has 1 saturated heterocycles. The highest BCUT2D eigenvalue weighted by molar-refractivity contribution is 5.91. The van der Waals surface area contributed by atoms with Gasteiger partial charge in [-0.3, -0.25) is 9.59 Å². The molecule has 1 aliphatic carbocycles. The number of hydrogen-bond donors (Lipinski definition) is 3. The summed E-state index contributed by atoms with van der Waals surface area (Å²) in [6, 6.07) is 12.4. The second kappa shape index (κ2) is 9.85. The van der Waals surface area contributed by atoms with Crippen molar-refractivity contribution in [3.8, 4) is 11.1 Å². The summed E-state index contributed by atoms with van der Waals surface area (Å²) in [7, 11) is 0. The number of carbonyl (C=O) groups is 3. The van der Waals surface area contributed by atoms with Gasteiger partial charge in [-0.15, -0.1) is 0 Å². The summed E-state index contributed by atoms with van der Waals surface area (Å²) < 4.78 is 5.52. The van der Waals surface area contributed by atoms with Gasteiger partial charge in [-0.25, -0.2) is 4.79 Å². The molecule has 180 valence electrons. The number of alkyl carbamates (subject to hydrolysis) is 1. The third-order valence-corrected chi connectivity index (χ3v) is 6.95. The van der Waals surface area contributed by atoms with Gasteiger partial charge in [-0.2, -0.15) is 0 Å². The second-order valence-corrected chi connectivity index (χ2v) is 9.16. The van der Waals surface area contributed by atoms with Gasteiger partial charge in [0.1, 0.15) is 18.7 Å². The van der Waals surface area contributed by atoms with E-state index < -0.39 is 36.1 Å². The maximum Gasteiger partial charge on any atom is 0.408 e. The number of amides is 3. The first-order valence-electron chi connectivity index (χ1n) is 11.7. The first-order valence-corrected chi connectivity index (χ1v) is 11.7. The number of β-amino-alcohol motifs (C(OH)–C–C–N with tert-alkyl or cyclic N) is 1. The van der Waals surface area contributed by atoms with Gasteiger partial charge in [0.2, 0.25) is 11.8 Å². The average Bonchev–Trinajstić information content (AvgIpc) is 3.41. The lowest BCUT2D eigenvalue weighted by Crippen LogP contribution is -2.55. The SMILES string of the molecule is CC[C@H](C)[C@H](NC(=O)OCc1cccc2c1Cc1ccccc1-2)C(=O)N1C[C@H](O)C[C@H]1C(N)=O. The maximum atomic E-state index is 13.2. The van der Waals surface area contributed by atoms with Crippen molar-refractivity contribution in [2.45, 2.75) is 57.9 Å². The number of nitrogens with one attached hydrogen (secondary N) is 1. The molecule has 0 radical (unpaired) electrons. The zero-order valence-electron chi connectivity index (χ0n) is 19.5. The zero-order chi connectivity index (χ0) is 24.4. The van der Waals surface area contributed by atoms with Crippen molar-refractivity contribution in [1.82, 2.24) is 10.2 Å². The molecule has 8 heteroatoms. The number of rotatable bonds is 7. The number of aliphatic hydroxyl groups is 1. The lowest BCUT2D eigenvalue weighted by Gasteiger charge is -2.30. The van der Waals surface area contributed by atoms with E-state index in [-0.39, 0.29) is 25.5 Å². The highest BCUT2D eigenvalue weighted by Gasteiger charge is 2.41. The van der Waals surface area contributed by atoms with Crippen LogP contribution in [0, 0.1) is 5.92 Å². The van der Waals surface area contributed by atoms with E-state index in [9.17, 15) is 19.5 Å². The minimum absolute atomic E-state index is 0.00676. The lowest BCUT2D eigenvalue weighted by molar-refractivity contribution is -0.140. The van der Waals surface area contributed by atoms with Gasteiger partial charge in [-0.1, -0.05) is 62.7 Å². The molecular weight excluding hydrogens is 434 g/mol. The average molecular weight is 466 g/mol. The number of nitrogens with two attached hydrogens (primary N) is 1. The molecule has 8 nitrogen and oxygen atoms in total. The predicted molar refractivity (Wildman–Crippen MR) is 127 cm³/mol. The van der Waals surface area contributed by atoms with E-state index in [0.717, 1.165) is 23.1 Å². The minimum Gasteiger partial charge on any atom is -0.445 e. The highest BCUT2D eigenvalue weighted by atomic mass is 16.5. The number of aliphatic hydroxyl groups excluding tert-OH is 1. The predicted octanol–water partition coefficient (Wildman–Crippen LogP) is 2.35. The normalized spacial score (nSPS) is 20.3. The smallest absolute Gasteiger partial charge is 0.408 e. The summed E-state index contributed by atoms with van der Waals surface area (Å²) in [5.74, 6) is -1.32. The van der Waals surface area contributed by atoms with Crippen LogP contribution in [0.2, 0.25) is 0 Å². The molecule has 1 aliphatic heterocycles. The van der Waals surface area contributed by atoms with E-state index in [4.69, 9.17) is 10.5 Å². The van der Waals surface area contributed by atoms with Crippen molar-refractivity contribution in [1.29, 1.82) is 0 Å². The molecule has 0 saturated carbocycles. The van der Waals surface area contributed by atoms with Crippen molar-refractivity contribution in [2.75, 3.05) is 6.54 Å². The summed E-state index contributed by atoms with van der Waals surface area (Å²) in [6.45, 7) is 3.84. The molecule has 3 amide bonds. The fraction of sp³-hybridized carbons (Fsp3) is 0.423. The fourth-order valence-corrected chi connectivity index (χ4v) is 4.86. The van der Waals surface area contributed by atoms with Gasteiger partial charge in [0.05, 0.1) is 6.10 Å². The number of ether oxygens (including phenoxy) is 1. The number of fused-ring (bicyclic) bond motifs is 3. The summed E-state index contributed by atoms with van der Waals surface area (Å²) in [4.78, 5) is 39.0. The second-order valence-electron chi connectivity index (χ2n) is 9.16. The molecule has 4 N–H and O–H groups in total. The Morgan fingerprint density at radius 1 is 1.18 bits per heavy atom. The molecule has 1 heterocycles. The van der Waals surface area contributed by atoms with Crippen LogP contribution in [0.1, 0.15) is 43.4 Å². The molecule has 0 unspecified atom stereocenters. The van der Waals surface area contributed by atoms with E-state index in [1.807, 2.05) is 38.1 Å². The molecule has 34 heavy (non-hydrogen) atoms. The third-order valence-electron chi connectivity index (χ3n) is 6.95. The van der Waals surface area contributed by atoms with Crippen LogP contribution in [-0.2, 0) is 27.4 Å². The Labute approximate surface area is 199 Å². The molecule has 4 atom stereocenters. The van der Waals surface area contributed by atoms with E-state index >= 15 is 0 Å². The Hall–Kier alpha value is -3.39. The van der Waals surface area contributed by atoms with Gasteiger partial charge in [-0.05, 0) is 40.2 Å². The van der Waals surface area contributed by atoms with Crippen LogP contribution in [0.25, 0.3) is 11.1 Å². The summed E-state index contributed by atoms with van der Waals surface area (Å²) in [6.07, 6.45) is -0.0248. The van der Waals surface area contributed by atoms with Crippen LogP contribution in [0.5, 0.6) is 0 Å². The lowest BCUT2D eigenvalue weighted by atomic mass is 9.97. The Kier molecular flexibility index (Phi) is 6.88. The van der Waals surface area contributed by atoms with E-state index in [1.165, 1.54) is 16.0 Å². The highest BCUT2D eigenvalue weighted by Crippen LogP contribution is 2.38. The van der Waals surface area contributed by atoms with Gasteiger partial charge in [0.25, 0.3) is 0 Å². The molecule has 0 bridgehead atoms. The topological polar surface area (TPSA) is 122 Å². The molecule has 2 aromatic carbocycles. The van der Waals surface area contributed by atoms with E-state index in [1.54, 1.807) is 0 Å². The Balaban J connectivity index is 1.44. The molecular formula is C26H31N3O5. The monoisotopic (exact) mass is 465 g/mol. The molecule has 4 rings (SSSR count). The van der Waals surface area contributed by atoms with Gasteiger partial charge in [0.15, 0.2) is 0 Å². The number of primary amides is 1. The van der Waals surface area contributed by atoms with Crippen LogP contribution in [0.4, 0.5) is 4.79 Å². The van der Waals surface area contributed by atoms with Gasteiger partial charge < -0.3 is 25.8 Å². The van der Waals surface area contributed by atoms with Gasteiger partial charge >= 0.3 is 6.09 Å². The number of hydrogen-bond acceptors (Lipinski definition) is 5. The standard InChI is InChI=1S/C26H31N3O5/c1-3-15(2)23(25(32)29-13-18(30)12-22(29)24(27)31)28-26(33)34-14-17-8-6-10-20-19-9-5-4-7-16(19)11-21(17)20/h4-10,15,18,22-23,30H,3,11-14H2,1-2H3,(H2,27,31)(H,28,33)/t15-,18+,22-,23-/m0/s1.